The molecule has 194 valence electrons. The molecule has 0 radical (unpaired) electrons. The molecule has 1 fully saturated rings. The van der Waals surface area contributed by atoms with Gasteiger partial charge in [-0.25, -0.2) is 24.7 Å². The van der Waals surface area contributed by atoms with Gasteiger partial charge in [-0.1, -0.05) is 12.1 Å². The fourth-order valence-corrected chi connectivity index (χ4v) is 4.21. The van der Waals surface area contributed by atoms with Gasteiger partial charge in [-0.05, 0) is 18.6 Å². The summed E-state index contributed by atoms with van der Waals surface area (Å²) in [4.78, 5) is 33.6. The van der Waals surface area contributed by atoms with Crippen LogP contribution in [-0.4, -0.2) is 74.6 Å². The van der Waals surface area contributed by atoms with Gasteiger partial charge in [0, 0.05) is 18.7 Å². The third kappa shape index (κ3) is 5.11. The van der Waals surface area contributed by atoms with Crippen molar-refractivity contribution >= 4 is 23.2 Å². The molecule has 37 heavy (non-hydrogen) atoms. The molecule has 2 aliphatic heterocycles. The van der Waals surface area contributed by atoms with Crippen LogP contribution in [0.1, 0.15) is 12.0 Å². The monoisotopic (exact) mass is 517 g/mol. The largest absolute Gasteiger partial charge is 0.461 e. The lowest BCUT2D eigenvalue weighted by molar-refractivity contribution is -0.137. The van der Waals surface area contributed by atoms with Gasteiger partial charge in [-0.2, -0.15) is 13.2 Å². The van der Waals surface area contributed by atoms with E-state index in [4.69, 9.17) is 9.84 Å². The molecule has 2 aliphatic rings. The highest BCUT2D eigenvalue weighted by Gasteiger charge is 2.41. The Morgan fingerprint density at radius 3 is 2.73 bits per heavy atom. The highest BCUT2D eigenvalue weighted by Crippen LogP contribution is 2.40. The second-order valence-corrected chi connectivity index (χ2v) is 8.57. The van der Waals surface area contributed by atoms with Gasteiger partial charge in [0.05, 0.1) is 48.2 Å². The molecule has 0 aliphatic carbocycles. The van der Waals surface area contributed by atoms with E-state index in [1.165, 1.54) is 35.6 Å². The Hall–Kier alpha value is -4.04. The summed E-state index contributed by atoms with van der Waals surface area (Å²) in [5.41, 5.74) is 0.250. The van der Waals surface area contributed by atoms with Gasteiger partial charge in [0.15, 0.2) is 11.6 Å². The number of halogens is 3. The maximum absolute atomic E-state index is 13.3. The number of aromatic nitrogens is 4. The van der Waals surface area contributed by atoms with Gasteiger partial charge in [0.25, 0.3) is 0 Å². The number of carbonyl (C=O) groups excluding carboxylic acids is 1. The van der Waals surface area contributed by atoms with E-state index < -0.39 is 30.5 Å². The number of rotatable bonds is 6. The number of aliphatic hydroxyl groups excluding tert-OH is 2. The van der Waals surface area contributed by atoms with Crippen molar-refractivity contribution in [1.82, 2.24) is 19.9 Å². The average molecular weight is 517 g/mol. The first-order chi connectivity index (χ1) is 17.7. The van der Waals surface area contributed by atoms with Crippen LogP contribution >= 0.6 is 0 Å². The molecule has 2 amide bonds. The third-order valence-electron chi connectivity index (χ3n) is 6.01. The number of urea groups is 1. The van der Waals surface area contributed by atoms with E-state index in [1.54, 1.807) is 0 Å². The second-order valence-electron chi connectivity index (χ2n) is 8.57. The van der Waals surface area contributed by atoms with Gasteiger partial charge >= 0.3 is 18.2 Å². The Morgan fingerprint density at radius 2 is 2.00 bits per heavy atom. The van der Waals surface area contributed by atoms with Crippen molar-refractivity contribution in [2.24, 2.45) is 0 Å². The predicted octanol–water partition coefficient (Wildman–Crippen LogP) is 2.32. The van der Waals surface area contributed by atoms with Crippen molar-refractivity contribution in [2.75, 3.05) is 41.4 Å². The predicted molar refractivity (Wildman–Crippen MR) is 125 cm³/mol. The molecule has 2 bridgehead atoms. The third-order valence-corrected chi connectivity index (χ3v) is 6.01. The van der Waals surface area contributed by atoms with Crippen LogP contribution in [0.5, 0.6) is 6.01 Å². The molecule has 1 aromatic carbocycles. The van der Waals surface area contributed by atoms with Gasteiger partial charge in [0.1, 0.15) is 12.7 Å². The number of hydrogen-bond donors (Lipinski definition) is 3. The summed E-state index contributed by atoms with van der Waals surface area (Å²) in [5, 5.41) is 20.9. The smallest absolute Gasteiger partial charge is 0.416 e. The maximum atomic E-state index is 13.3. The number of alkyl halides is 3. The quantitative estimate of drug-likeness (QED) is 0.450. The summed E-state index contributed by atoms with van der Waals surface area (Å²) < 4.78 is 44.8. The van der Waals surface area contributed by atoms with E-state index in [0.29, 0.717) is 31.0 Å². The number of fused-ring (bicyclic) bond motifs is 4. The molecular weight excluding hydrogens is 495 g/mol. The Balaban J connectivity index is 1.39. The van der Waals surface area contributed by atoms with E-state index in [-0.39, 0.29) is 35.7 Å². The normalized spacial score (nSPS) is 17.4. The number of nitrogens with one attached hydrogen (secondary N) is 1. The zero-order chi connectivity index (χ0) is 26.2. The Kier molecular flexibility index (Phi) is 6.52. The lowest BCUT2D eigenvalue weighted by atomic mass is 10.1. The number of nitrogens with zero attached hydrogens (tertiary/aromatic N) is 6. The molecule has 0 unspecified atom stereocenters. The SMILES string of the molecule is O=C(Nc1cnc(OC[C@H](O)CO)nc1)N1c2nc(-c3cccc(C(F)(F)F)c3)ncc2N2CC[C@H]1C2. The van der Waals surface area contributed by atoms with Crippen LogP contribution in [0, 0.1) is 0 Å². The fourth-order valence-electron chi connectivity index (χ4n) is 4.21. The number of benzene rings is 1. The van der Waals surface area contributed by atoms with Gasteiger partial charge in [0.2, 0.25) is 0 Å². The average Bonchev–Trinajstić information content (AvgIpc) is 3.31. The number of carbonyl (C=O) groups is 1. The molecule has 2 aromatic heterocycles. The van der Waals surface area contributed by atoms with Crippen molar-refractivity contribution in [3.05, 3.63) is 48.4 Å². The zero-order valence-corrected chi connectivity index (χ0v) is 19.3. The molecular formula is C23H22F3N7O4. The molecule has 4 heterocycles. The van der Waals surface area contributed by atoms with Crippen LogP contribution in [0.25, 0.3) is 11.4 Å². The molecule has 0 spiro atoms. The van der Waals surface area contributed by atoms with Crippen LogP contribution in [0.4, 0.5) is 35.2 Å². The van der Waals surface area contributed by atoms with Crippen LogP contribution in [-0.2, 0) is 6.18 Å². The Morgan fingerprint density at radius 1 is 1.22 bits per heavy atom. The molecule has 3 aromatic rings. The number of hydrogen-bond acceptors (Lipinski definition) is 9. The number of aliphatic hydroxyl groups is 2. The highest BCUT2D eigenvalue weighted by molar-refractivity contribution is 6.04. The highest BCUT2D eigenvalue weighted by atomic mass is 19.4. The minimum Gasteiger partial charge on any atom is -0.461 e. The van der Waals surface area contributed by atoms with E-state index in [2.05, 4.69) is 25.3 Å². The van der Waals surface area contributed by atoms with E-state index in [9.17, 15) is 23.1 Å². The van der Waals surface area contributed by atoms with Crippen LogP contribution < -0.4 is 19.9 Å². The lowest BCUT2D eigenvalue weighted by Gasteiger charge is -2.35. The minimum atomic E-state index is -4.51. The van der Waals surface area contributed by atoms with Crippen molar-refractivity contribution in [3.8, 4) is 17.4 Å². The molecule has 11 nitrogen and oxygen atoms in total. The minimum absolute atomic E-state index is 0.0429. The first-order valence-corrected chi connectivity index (χ1v) is 11.4. The molecule has 14 heteroatoms. The van der Waals surface area contributed by atoms with Gasteiger partial charge < -0.3 is 25.2 Å². The zero-order valence-electron chi connectivity index (χ0n) is 19.3. The summed E-state index contributed by atoms with van der Waals surface area (Å²) in [6, 6.07) is 3.98. The Bertz CT molecular complexity index is 1290. The summed E-state index contributed by atoms with van der Waals surface area (Å²) in [6.45, 7) is 0.591. The van der Waals surface area contributed by atoms with E-state index in [1.807, 2.05) is 4.90 Å². The first kappa shape index (κ1) is 24.6. The second kappa shape index (κ2) is 9.78. The molecule has 2 atom stereocenters. The summed E-state index contributed by atoms with van der Waals surface area (Å²) in [5.74, 6) is 0.368. The van der Waals surface area contributed by atoms with Crippen LogP contribution in [0.2, 0.25) is 0 Å². The van der Waals surface area contributed by atoms with Crippen LogP contribution in [0.3, 0.4) is 0 Å². The topological polar surface area (TPSA) is 137 Å². The summed E-state index contributed by atoms with van der Waals surface area (Å²) in [7, 11) is 0. The summed E-state index contributed by atoms with van der Waals surface area (Å²) >= 11 is 0. The van der Waals surface area contributed by atoms with Crippen molar-refractivity contribution in [3.63, 3.8) is 0 Å². The Labute approximate surface area is 208 Å². The van der Waals surface area contributed by atoms with Crippen molar-refractivity contribution < 1.29 is 32.9 Å². The summed E-state index contributed by atoms with van der Waals surface area (Å²) in [6.07, 6.45) is -0.732. The maximum Gasteiger partial charge on any atom is 0.416 e. The number of anilines is 3. The van der Waals surface area contributed by atoms with E-state index in [0.717, 1.165) is 12.1 Å². The van der Waals surface area contributed by atoms with Crippen LogP contribution in [0.15, 0.2) is 42.9 Å². The molecule has 1 saturated heterocycles. The van der Waals surface area contributed by atoms with Crippen molar-refractivity contribution in [1.29, 1.82) is 0 Å². The number of ether oxygens (including phenoxy) is 1. The molecule has 0 saturated carbocycles. The molecule has 3 N–H and O–H groups in total. The molecule has 5 rings (SSSR count). The van der Waals surface area contributed by atoms with Gasteiger partial charge in [-0.15, -0.1) is 0 Å². The lowest BCUT2D eigenvalue weighted by Crippen LogP contribution is -2.48. The standard InChI is InChI=1S/C23H22F3N7O4/c24-23(25,26)14-3-1-2-13(6-14)19-27-9-18-20(31-19)33(16-4-5-32(18)10-16)22(36)30-15-7-28-21(29-8-15)37-12-17(35)11-34/h1-3,6-9,16-17,34-35H,4-5,10-12H2,(H,30,36)/t16-,17+/m0/s1. The first-order valence-electron chi connectivity index (χ1n) is 11.4. The van der Waals surface area contributed by atoms with E-state index >= 15 is 0 Å². The van der Waals surface area contributed by atoms with Crippen molar-refractivity contribution in [2.45, 2.75) is 24.7 Å². The fraction of sp³-hybridized carbons (Fsp3) is 0.348. The van der Waals surface area contributed by atoms with Gasteiger partial charge in [-0.3, -0.25) is 4.90 Å². The number of amides is 2.